The first-order valence-electron chi connectivity index (χ1n) is 5.55. The van der Waals surface area contributed by atoms with Crippen LogP contribution in [0, 0.1) is 0 Å². The van der Waals surface area contributed by atoms with Crippen molar-refractivity contribution in [2.24, 2.45) is 0 Å². The molecule has 1 heterocycles. The summed E-state index contributed by atoms with van der Waals surface area (Å²) >= 11 is 0. The summed E-state index contributed by atoms with van der Waals surface area (Å²) in [6.07, 6.45) is 0. The SMILES string of the molecule is CN1c2ccccc2Oc2cccc(OC=O)c21. The molecule has 0 atom stereocenters. The molecular weight excluding hydrogens is 230 g/mol. The van der Waals surface area contributed by atoms with Gasteiger partial charge in [0.05, 0.1) is 5.69 Å². The van der Waals surface area contributed by atoms with E-state index in [0.717, 1.165) is 17.1 Å². The van der Waals surface area contributed by atoms with Gasteiger partial charge in [-0.25, -0.2) is 0 Å². The van der Waals surface area contributed by atoms with E-state index in [9.17, 15) is 4.79 Å². The lowest BCUT2D eigenvalue weighted by Gasteiger charge is -2.30. The van der Waals surface area contributed by atoms with Gasteiger partial charge in [0, 0.05) is 7.05 Å². The Balaban J connectivity index is 2.16. The smallest absolute Gasteiger partial charge is 0.298 e. The van der Waals surface area contributed by atoms with Gasteiger partial charge in [-0.3, -0.25) is 4.79 Å². The van der Waals surface area contributed by atoms with Gasteiger partial charge in [-0.2, -0.15) is 0 Å². The Morgan fingerprint density at radius 1 is 1.11 bits per heavy atom. The summed E-state index contributed by atoms with van der Waals surface area (Å²) in [5, 5.41) is 0. The van der Waals surface area contributed by atoms with Gasteiger partial charge in [0.25, 0.3) is 6.47 Å². The second-order valence-corrected chi connectivity index (χ2v) is 3.95. The average Bonchev–Trinajstić information content (AvgIpc) is 2.39. The van der Waals surface area contributed by atoms with E-state index in [0.29, 0.717) is 18.0 Å². The highest BCUT2D eigenvalue weighted by molar-refractivity contribution is 5.82. The van der Waals surface area contributed by atoms with Gasteiger partial charge < -0.3 is 14.4 Å². The van der Waals surface area contributed by atoms with Gasteiger partial charge in [-0.15, -0.1) is 0 Å². The normalized spacial score (nSPS) is 12.2. The number of carbonyl (C=O) groups is 1. The van der Waals surface area contributed by atoms with Crippen molar-refractivity contribution >= 4 is 17.8 Å². The Bertz CT molecular complexity index is 610. The van der Waals surface area contributed by atoms with Crippen LogP contribution in [0.2, 0.25) is 0 Å². The van der Waals surface area contributed by atoms with Gasteiger partial charge in [0.1, 0.15) is 5.69 Å². The molecule has 0 spiro atoms. The fraction of sp³-hybridized carbons (Fsp3) is 0.0714. The summed E-state index contributed by atoms with van der Waals surface area (Å²) in [6.45, 7) is 0.421. The molecule has 4 heteroatoms. The molecule has 18 heavy (non-hydrogen) atoms. The van der Waals surface area contributed by atoms with Gasteiger partial charge in [-0.1, -0.05) is 18.2 Å². The first-order valence-corrected chi connectivity index (χ1v) is 5.55. The zero-order valence-electron chi connectivity index (χ0n) is 9.79. The van der Waals surface area contributed by atoms with Gasteiger partial charge >= 0.3 is 0 Å². The maximum atomic E-state index is 10.5. The van der Waals surface area contributed by atoms with Crippen molar-refractivity contribution in [3.63, 3.8) is 0 Å². The molecular formula is C14H11NO3. The highest BCUT2D eigenvalue weighted by Gasteiger charge is 2.24. The third kappa shape index (κ3) is 1.50. The van der Waals surface area contributed by atoms with Crippen LogP contribution >= 0.6 is 0 Å². The Kier molecular flexibility index (Phi) is 2.41. The Morgan fingerprint density at radius 3 is 2.72 bits per heavy atom. The lowest BCUT2D eigenvalue weighted by Crippen LogP contribution is -2.16. The predicted molar refractivity (Wildman–Crippen MR) is 67.7 cm³/mol. The van der Waals surface area contributed by atoms with E-state index in [4.69, 9.17) is 9.47 Å². The van der Waals surface area contributed by atoms with Gasteiger partial charge in [0.15, 0.2) is 17.2 Å². The summed E-state index contributed by atoms with van der Waals surface area (Å²) in [4.78, 5) is 12.5. The minimum Gasteiger partial charge on any atom is -0.453 e. The van der Waals surface area contributed by atoms with Crippen LogP contribution in [0.15, 0.2) is 42.5 Å². The van der Waals surface area contributed by atoms with Crippen LogP contribution in [-0.4, -0.2) is 13.5 Å². The number of fused-ring (bicyclic) bond motifs is 2. The topological polar surface area (TPSA) is 38.8 Å². The second kappa shape index (κ2) is 4.07. The third-order valence-electron chi connectivity index (χ3n) is 2.92. The van der Waals surface area contributed by atoms with Crippen LogP contribution in [0.3, 0.4) is 0 Å². The molecule has 0 radical (unpaired) electrons. The lowest BCUT2D eigenvalue weighted by atomic mass is 10.1. The first kappa shape index (κ1) is 10.7. The number of carbonyl (C=O) groups excluding carboxylic acids is 1. The van der Waals surface area contributed by atoms with Crippen molar-refractivity contribution in [1.29, 1.82) is 0 Å². The van der Waals surface area contributed by atoms with Gasteiger partial charge in [-0.05, 0) is 24.3 Å². The minimum atomic E-state index is 0.421. The van der Waals surface area contributed by atoms with E-state index < -0.39 is 0 Å². The van der Waals surface area contributed by atoms with E-state index in [2.05, 4.69) is 0 Å². The molecule has 0 bridgehead atoms. The summed E-state index contributed by atoms with van der Waals surface area (Å²) in [5.74, 6) is 1.95. The minimum absolute atomic E-state index is 0.421. The second-order valence-electron chi connectivity index (χ2n) is 3.95. The van der Waals surface area contributed by atoms with Crippen LogP contribution in [0.1, 0.15) is 0 Å². The molecule has 2 aromatic rings. The zero-order chi connectivity index (χ0) is 12.5. The van der Waals surface area contributed by atoms with Crippen molar-refractivity contribution in [2.75, 3.05) is 11.9 Å². The fourth-order valence-electron chi connectivity index (χ4n) is 2.12. The van der Waals surface area contributed by atoms with Crippen molar-refractivity contribution in [3.8, 4) is 17.2 Å². The summed E-state index contributed by atoms with van der Waals surface area (Å²) in [7, 11) is 1.91. The molecule has 0 unspecified atom stereocenters. The number of hydrogen-bond acceptors (Lipinski definition) is 4. The van der Waals surface area contributed by atoms with Crippen LogP contribution in [0.5, 0.6) is 17.2 Å². The molecule has 0 amide bonds. The van der Waals surface area contributed by atoms with E-state index in [1.807, 2.05) is 42.3 Å². The zero-order valence-corrected chi connectivity index (χ0v) is 9.79. The first-order chi connectivity index (χ1) is 8.81. The Labute approximate surface area is 104 Å². The number of rotatable bonds is 2. The van der Waals surface area contributed by atoms with Crippen molar-refractivity contribution in [3.05, 3.63) is 42.5 Å². The molecule has 0 aromatic heterocycles. The Hall–Kier alpha value is -2.49. The maximum absolute atomic E-state index is 10.5. The van der Waals surface area contributed by atoms with Crippen LogP contribution < -0.4 is 14.4 Å². The summed E-state index contributed by atoms with van der Waals surface area (Å²) in [5.41, 5.74) is 1.69. The monoisotopic (exact) mass is 241 g/mol. The molecule has 1 aliphatic rings. The van der Waals surface area contributed by atoms with Crippen molar-refractivity contribution in [2.45, 2.75) is 0 Å². The number of anilines is 2. The molecule has 0 N–H and O–H groups in total. The molecule has 4 nitrogen and oxygen atoms in total. The number of nitrogens with zero attached hydrogens (tertiary/aromatic N) is 1. The molecule has 1 aliphatic heterocycles. The van der Waals surface area contributed by atoms with E-state index in [-0.39, 0.29) is 0 Å². The molecule has 3 rings (SSSR count). The predicted octanol–water partition coefficient (Wildman–Crippen LogP) is 3.10. The highest BCUT2D eigenvalue weighted by atomic mass is 16.5. The summed E-state index contributed by atoms with van der Waals surface area (Å²) in [6, 6.07) is 13.1. The standard InChI is InChI=1S/C14H11NO3/c1-15-10-5-2-3-6-11(10)18-13-8-4-7-12(14(13)15)17-9-16/h2-9H,1H3. The molecule has 90 valence electrons. The van der Waals surface area contributed by atoms with E-state index >= 15 is 0 Å². The fourth-order valence-corrected chi connectivity index (χ4v) is 2.12. The number of benzene rings is 2. The third-order valence-corrected chi connectivity index (χ3v) is 2.92. The highest BCUT2D eigenvalue weighted by Crippen LogP contribution is 2.49. The van der Waals surface area contributed by atoms with Crippen LogP contribution in [0.4, 0.5) is 11.4 Å². The quantitative estimate of drug-likeness (QED) is 0.757. The van der Waals surface area contributed by atoms with Gasteiger partial charge in [0.2, 0.25) is 0 Å². The number of ether oxygens (including phenoxy) is 2. The summed E-state index contributed by atoms with van der Waals surface area (Å²) < 4.78 is 10.8. The van der Waals surface area contributed by atoms with E-state index in [1.165, 1.54) is 0 Å². The largest absolute Gasteiger partial charge is 0.453 e. The van der Waals surface area contributed by atoms with Crippen molar-refractivity contribution < 1.29 is 14.3 Å². The number of para-hydroxylation sites is 3. The molecule has 0 saturated carbocycles. The number of hydrogen-bond donors (Lipinski definition) is 0. The van der Waals surface area contributed by atoms with E-state index in [1.54, 1.807) is 12.1 Å². The van der Waals surface area contributed by atoms with Crippen LogP contribution in [0.25, 0.3) is 0 Å². The van der Waals surface area contributed by atoms with Crippen LogP contribution in [-0.2, 0) is 4.79 Å². The molecule has 0 aliphatic carbocycles. The Morgan fingerprint density at radius 2 is 1.89 bits per heavy atom. The average molecular weight is 241 g/mol. The molecule has 2 aromatic carbocycles. The van der Waals surface area contributed by atoms with Crippen molar-refractivity contribution in [1.82, 2.24) is 0 Å². The maximum Gasteiger partial charge on any atom is 0.298 e. The molecule has 0 fully saturated rings. The lowest BCUT2D eigenvalue weighted by molar-refractivity contribution is -0.120. The molecule has 0 saturated heterocycles.